The molecule has 0 aliphatic carbocycles. The second kappa shape index (κ2) is 6.61. The first-order chi connectivity index (χ1) is 9.56. The van der Waals surface area contributed by atoms with E-state index in [2.05, 4.69) is 23.8 Å². The van der Waals surface area contributed by atoms with E-state index in [-0.39, 0.29) is 5.91 Å². The maximum Gasteiger partial charge on any atom is 0.228 e. The fourth-order valence-corrected chi connectivity index (χ4v) is 2.73. The number of thiazole rings is 1. The van der Waals surface area contributed by atoms with E-state index in [1.165, 1.54) is 11.3 Å². The molecule has 106 valence electrons. The molecule has 0 N–H and O–H groups in total. The number of pyridine rings is 1. The Morgan fingerprint density at radius 1 is 1.40 bits per heavy atom. The van der Waals surface area contributed by atoms with Crippen molar-refractivity contribution in [1.29, 1.82) is 0 Å². The maximum atomic E-state index is 12.1. The third-order valence-corrected chi connectivity index (χ3v) is 3.75. The standard InChI is InChI=1S/C15H19N3OS/c1-11(2)9-18(3)14(19)8-12-10-20-15(17-12)13-6-4-5-7-16-13/h4-7,10-11H,8-9H2,1-3H3. The van der Waals surface area contributed by atoms with Crippen molar-refractivity contribution in [3.63, 3.8) is 0 Å². The highest BCUT2D eigenvalue weighted by atomic mass is 32.1. The smallest absolute Gasteiger partial charge is 0.228 e. The topological polar surface area (TPSA) is 46.1 Å². The third kappa shape index (κ3) is 3.87. The first-order valence-electron chi connectivity index (χ1n) is 6.66. The van der Waals surface area contributed by atoms with Crippen molar-refractivity contribution in [1.82, 2.24) is 14.9 Å². The van der Waals surface area contributed by atoms with Crippen molar-refractivity contribution in [2.45, 2.75) is 20.3 Å². The first kappa shape index (κ1) is 14.7. The van der Waals surface area contributed by atoms with Gasteiger partial charge in [-0.3, -0.25) is 9.78 Å². The molecule has 5 heteroatoms. The second-order valence-corrected chi connectivity index (χ2v) is 6.06. The van der Waals surface area contributed by atoms with Gasteiger partial charge in [-0.1, -0.05) is 19.9 Å². The van der Waals surface area contributed by atoms with Crippen LogP contribution in [-0.2, 0) is 11.2 Å². The zero-order valence-electron chi connectivity index (χ0n) is 12.0. The quantitative estimate of drug-likeness (QED) is 0.850. The molecule has 2 heterocycles. The van der Waals surface area contributed by atoms with E-state index in [0.29, 0.717) is 12.3 Å². The summed E-state index contributed by atoms with van der Waals surface area (Å²) < 4.78 is 0. The lowest BCUT2D eigenvalue weighted by Gasteiger charge is -2.18. The molecule has 0 aliphatic heterocycles. The van der Waals surface area contributed by atoms with Crippen molar-refractivity contribution < 1.29 is 4.79 Å². The molecule has 2 rings (SSSR count). The molecule has 0 atom stereocenters. The maximum absolute atomic E-state index is 12.1. The lowest BCUT2D eigenvalue weighted by Crippen LogP contribution is -2.31. The van der Waals surface area contributed by atoms with Gasteiger partial charge in [-0.05, 0) is 18.1 Å². The first-order valence-corrected chi connectivity index (χ1v) is 7.54. The summed E-state index contributed by atoms with van der Waals surface area (Å²) in [4.78, 5) is 22.6. The number of rotatable bonds is 5. The van der Waals surface area contributed by atoms with Gasteiger partial charge in [-0.2, -0.15) is 0 Å². The van der Waals surface area contributed by atoms with Gasteiger partial charge in [0.05, 0.1) is 17.8 Å². The fourth-order valence-electron chi connectivity index (χ4n) is 1.93. The van der Waals surface area contributed by atoms with Crippen LogP contribution in [0.5, 0.6) is 0 Å². The molecule has 0 bridgehead atoms. The van der Waals surface area contributed by atoms with Crippen molar-refractivity contribution in [3.8, 4) is 10.7 Å². The normalized spacial score (nSPS) is 10.8. The molecule has 0 saturated heterocycles. The molecule has 0 aromatic carbocycles. The highest BCUT2D eigenvalue weighted by Gasteiger charge is 2.13. The van der Waals surface area contributed by atoms with Gasteiger partial charge in [0.15, 0.2) is 0 Å². The molecule has 0 aliphatic rings. The van der Waals surface area contributed by atoms with E-state index < -0.39 is 0 Å². The molecule has 20 heavy (non-hydrogen) atoms. The summed E-state index contributed by atoms with van der Waals surface area (Å²) in [6.45, 7) is 4.98. The zero-order chi connectivity index (χ0) is 14.5. The fraction of sp³-hybridized carbons (Fsp3) is 0.400. The molecular formula is C15H19N3OS. The number of aromatic nitrogens is 2. The highest BCUT2D eigenvalue weighted by Crippen LogP contribution is 2.21. The summed E-state index contributed by atoms with van der Waals surface area (Å²) in [5, 5.41) is 2.80. The molecule has 0 radical (unpaired) electrons. The van der Waals surface area contributed by atoms with Gasteiger partial charge in [-0.25, -0.2) is 4.98 Å². The number of likely N-dealkylation sites (N-methyl/N-ethyl adjacent to an activating group) is 1. The van der Waals surface area contributed by atoms with Crippen LogP contribution in [0, 0.1) is 5.92 Å². The lowest BCUT2D eigenvalue weighted by molar-refractivity contribution is -0.129. The van der Waals surface area contributed by atoms with Crippen LogP contribution < -0.4 is 0 Å². The highest BCUT2D eigenvalue weighted by molar-refractivity contribution is 7.13. The number of carbonyl (C=O) groups is 1. The van der Waals surface area contributed by atoms with Crippen LogP contribution in [-0.4, -0.2) is 34.4 Å². The van der Waals surface area contributed by atoms with Crippen LogP contribution >= 0.6 is 11.3 Å². The van der Waals surface area contributed by atoms with E-state index in [0.717, 1.165) is 22.9 Å². The van der Waals surface area contributed by atoms with E-state index in [1.807, 2.05) is 30.6 Å². The van der Waals surface area contributed by atoms with Crippen LogP contribution in [0.4, 0.5) is 0 Å². The Balaban J connectivity index is 2.01. The Kier molecular flexibility index (Phi) is 4.84. The molecule has 1 amide bonds. The summed E-state index contributed by atoms with van der Waals surface area (Å²) in [5.41, 5.74) is 1.67. The van der Waals surface area contributed by atoms with Crippen LogP contribution in [0.3, 0.4) is 0 Å². The summed E-state index contributed by atoms with van der Waals surface area (Å²) in [6, 6.07) is 5.74. The number of amides is 1. The third-order valence-electron chi connectivity index (χ3n) is 2.83. The number of hydrogen-bond acceptors (Lipinski definition) is 4. The van der Waals surface area contributed by atoms with Gasteiger partial charge in [-0.15, -0.1) is 11.3 Å². The van der Waals surface area contributed by atoms with Crippen molar-refractivity contribution in [2.24, 2.45) is 5.92 Å². The summed E-state index contributed by atoms with van der Waals surface area (Å²) in [7, 11) is 1.84. The average molecular weight is 289 g/mol. The van der Waals surface area contributed by atoms with E-state index in [9.17, 15) is 4.79 Å². The molecule has 0 saturated carbocycles. The lowest BCUT2D eigenvalue weighted by atomic mass is 10.2. The van der Waals surface area contributed by atoms with Crippen LogP contribution in [0.25, 0.3) is 10.7 Å². The number of hydrogen-bond donors (Lipinski definition) is 0. The van der Waals surface area contributed by atoms with Gasteiger partial charge in [0.25, 0.3) is 0 Å². The van der Waals surface area contributed by atoms with Crippen molar-refractivity contribution in [3.05, 3.63) is 35.5 Å². The van der Waals surface area contributed by atoms with E-state index >= 15 is 0 Å². The van der Waals surface area contributed by atoms with Gasteiger partial charge in [0.2, 0.25) is 5.91 Å². The molecule has 2 aromatic heterocycles. The van der Waals surface area contributed by atoms with Gasteiger partial charge in [0.1, 0.15) is 5.01 Å². The minimum absolute atomic E-state index is 0.108. The van der Waals surface area contributed by atoms with E-state index in [4.69, 9.17) is 0 Å². The van der Waals surface area contributed by atoms with Gasteiger partial charge < -0.3 is 4.90 Å². The Morgan fingerprint density at radius 3 is 2.85 bits per heavy atom. The zero-order valence-corrected chi connectivity index (χ0v) is 12.9. The Bertz CT molecular complexity index is 566. The minimum Gasteiger partial charge on any atom is -0.345 e. The SMILES string of the molecule is CC(C)CN(C)C(=O)Cc1csc(-c2ccccn2)n1. The van der Waals surface area contributed by atoms with Crippen LogP contribution in [0.1, 0.15) is 19.5 Å². The summed E-state index contributed by atoms with van der Waals surface area (Å²) >= 11 is 1.53. The van der Waals surface area contributed by atoms with Crippen LogP contribution in [0.15, 0.2) is 29.8 Å². The molecule has 0 unspecified atom stereocenters. The molecule has 0 fully saturated rings. The van der Waals surface area contributed by atoms with Gasteiger partial charge in [0, 0.05) is 25.2 Å². The molecule has 2 aromatic rings. The Hall–Kier alpha value is -1.75. The Morgan fingerprint density at radius 2 is 2.20 bits per heavy atom. The predicted octanol–water partition coefficient (Wildman–Crippen LogP) is 2.86. The summed E-state index contributed by atoms with van der Waals surface area (Å²) in [5.74, 6) is 0.583. The number of nitrogens with zero attached hydrogens (tertiary/aromatic N) is 3. The monoisotopic (exact) mass is 289 g/mol. The second-order valence-electron chi connectivity index (χ2n) is 5.20. The summed E-state index contributed by atoms with van der Waals surface area (Å²) in [6.07, 6.45) is 2.10. The Labute approximate surface area is 123 Å². The molecular weight excluding hydrogens is 270 g/mol. The predicted molar refractivity (Wildman–Crippen MR) is 81.5 cm³/mol. The van der Waals surface area contributed by atoms with Crippen molar-refractivity contribution >= 4 is 17.2 Å². The number of carbonyl (C=O) groups excluding carboxylic acids is 1. The molecule has 4 nitrogen and oxygen atoms in total. The van der Waals surface area contributed by atoms with E-state index in [1.54, 1.807) is 11.1 Å². The van der Waals surface area contributed by atoms with Crippen molar-refractivity contribution in [2.75, 3.05) is 13.6 Å². The van der Waals surface area contributed by atoms with Gasteiger partial charge >= 0.3 is 0 Å². The minimum atomic E-state index is 0.108. The van der Waals surface area contributed by atoms with Crippen LogP contribution in [0.2, 0.25) is 0 Å². The largest absolute Gasteiger partial charge is 0.345 e. The average Bonchev–Trinajstić information content (AvgIpc) is 2.87. The molecule has 0 spiro atoms.